The Morgan fingerprint density at radius 2 is 0.859 bits per heavy atom. The standard InChI is InChI=1S/C58H103NO5/c1-4-7-10-13-16-19-22-25-28-29-30-31-34-37-40-43-46-49-54(64-58(63)51-48-45-42-39-36-33-27-24-21-18-15-12-9-6-3)52-57(62)59-55(53-60)56(61)50-47-44-41-38-35-32-26-23-20-17-14-11-8-5-2/h7,10,16,19,25,28,30-31,33,36-37,40,54-56,60-61H,4-6,8-9,11-15,17-18,20-24,26-27,29,32,34-35,38-39,41-53H2,1-3H3,(H,59,62)/b10-7-,19-16-,28-25-,31-30-,36-33-,40-37-. The molecule has 1 amide bonds. The molecule has 0 aliphatic rings. The van der Waals surface area contributed by atoms with Crippen molar-refractivity contribution < 1.29 is 24.5 Å². The van der Waals surface area contributed by atoms with Crippen LogP contribution in [0, 0.1) is 0 Å². The van der Waals surface area contributed by atoms with E-state index in [1.807, 2.05) is 0 Å². The molecule has 0 spiro atoms. The molecule has 0 fully saturated rings. The number of aliphatic hydroxyl groups excluding tert-OH is 2. The zero-order valence-corrected chi connectivity index (χ0v) is 42.1. The van der Waals surface area contributed by atoms with Gasteiger partial charge in [0, 0.05) is 6.42 Å². The summed E-state index contributed by atoms with van der Waals surface area (Å²) < 4.78 is 5.91. The summed E-state index contributed by atoms with van der Waals surface area (Å²) in [7, 11) is 0. The molecule has 6 heteroatoms. The van der Waals surface area contributed by atoms with Crippen LogP contribution in [0.1, 0.15) is 258 Å². The van der Waals surface area contributed by atoms with Crippen molar-refractivity contribution in [1.82, 2.24) is 5.32 Å². The Balaban J connectivity index is 4.71. The molecule has 3 atom stereocenters. The van der Waals surface area contributed by atoms with Crippen molar-refractivity contribution >= 4 is 11.9 Å². The zero-order chi connectivity index (χ0) is 46.7. The first kappa shape index (κ1) is 61.3. The number of carbonyl (C=O) groups is 2. The Kier molecular flexibility index (Phi) is 49.1. The Morgan fingerprint density at radius 3 is 1.33 bits per heavy atom. The number of amides is 1. The van der Waals surface area contributed by atoms with Crippen LogP contribution in [0.25, 0.3) is 0 Å². The van der Waals surface area contributed by atoms with Crippen LogP contribution in [0.4, 0.5) is 0 Å². The Morgan fingerprint density at radius 1 is 0.469 bits per heavy atom. The van der Waals surface area contributed by atoms with Crippen molar-refractivity contribution in [3.05, 3.63) is 72.9 Å². The van der Waals surface area contributed by atoms with Crippen LogP contribution in [0.15, 0.2) is 72.9 Å². The van der Waals surface area contributed by atoms with Crippen LogP contribution in [-0.2, 0) is 14.3 Å². The lowest BCUT2D eigenvalue weighted by Gasteiger charge is -2.24. The molecule has 3 N–H and O–H groups in total. The number of hydrogen-bond donors (Lipinski definition) is 3. The number of ether oxygens (including phenoxy) is 1. The third-order valence-corrected chi connectivity index (χ3v) is 12.0. The lowest BCUT2D eigenvalue weighted by Crippen LogP contribution is -2.46. The van der Waals surface area contributed by atoms with Gasteiger partial charge >= 0.3 is 5.97 Å². The van der Waals surface area contributed by atoms with E-state index < -0.39 is 18.2 Å². The van der Waals surface area contributed by atoms with Gasteiger partial charge in [0.25, 0.3) is 0 Å². The largest absolute Gasteiger partial charge is 0.462 e. The highest BCUT2D eigenvalue weighted by Gasteiger charge is 2.24. The Hall–Kier alpha value is -2.70. The number of hydrogen-bond acceptors (Lipinski definition) is 5. The maximum atomic E-state index is 13.2. The molecule has 64 heavy (non-hydrogen) atoms. The normalized spacial score (nSPS) is 13.8. The monoisotopic (exact) mass is 894 g/mol. The lowest BCUT2D eigenvalue weighted by molar-refractivity contribution is -0.151. The average Bonchev–Trinajstić information content (AvgIpc) is 3.29. The van der Waals surface area contributed by atoms with Gasteiger partial charge in [-0.1, -0.05) is 229 Å². The number of nitrogens with one attached hydrogen (secondary N) is 1. The summed E-state index contributed by atoms with van der Waals surface area (Å²) in [5.74, 6) is -0.547. The molecule has 0 aliphatic heterocycles. The van der Waals surface area contributed by atoms with Crippen LogP contribution in [-0.4, -0.2) is 46.9 Å². The molecular formula is C58H103NO5. The molecule has 0 saturated carbocycles. The number of rotatable bonds is 48. The van der Waals surface area contributed by atoms with Crippen molar-refractivity contribution in [2.45, 2.75) is 277 Å². The van der Waals surface area contributed by atoms with Crippen molar-refractivity contribution in [2.75, 3.05) is 6.61 Å². The molecule has 0 heterocycles. The topological polar surface area (TPSA) is 95.9 Å². The van der Waals surface area contributed by atoms with Crippen molar-refractivity contribution in [2.24, 2.45) is 0 Å². The first-order valence-electron chi connectivity index (χ1n) is 27.2. The van der Waals surface area contributed by atoms with Gasteiger partial charge in [0.05, 0.1) is 25.2 Å². The Labute approximate surface area is 396 Å². The molecule has 0 bridgehead atoms. The molecule has 3 unspecified atom stereocenters. The smallest absolute Gasteiger partial charge is 0.306 e. The maximum Gasteiger partial charge on any atom is 0.306 e. The van der Waals surface area contributed by atoms with Gasteiger partial charge in [-0.25, -0.2) is 0 Å². The van der Waals surface area contributed by atoms with Crippen molar-refractivity contribution in [3.63, 3.8) is 0 Å². The van der Waals surface area contributed by atoms with Crippen molar-refractivity contribution in [3.8, 4) is 0 Å². The first-order chi connectivity index (χ1) is 31.5. The average molecular weight is 894 g/mol. The number of carbonyl (C=O) groups excluding carboxylic acids is 2. The number of aliphatic hydroxyl groups is 2. The van der Waals surface area contributed by atoms with E-state index in [0.29, 0.717) is 19.3 Å². The fraction of sp³-hybridized carbons (Fsp3) is 0.759. The summed E-state index contributed by atoms with van der Waals surface area (Å²) in [6.07, 6.45) is 65.4. The van der Waals surface area contributed by atoms with E-state index in [2.05, 4.69) is 99.0 Å². The molecule has 0 aromatic rings. The van der Waals surface area contributed by atoms with Gasteiger partial charge in [0.1, 0.15) is 6.10 Å². The molecule has 6 nitrogen and oxygen atoms in total. The van der Waals surface area contributed by atoms with E-state index in [0.717, 1.165) is 96.3 Å². The SMILES string of the molecule is CC/C=C\C/C=C\C/C=C\C/C=C\C/C=C\CCCC(CC(=O)NC(CO)C(O)CCCCCCCCCCCCCCCC)OC(=O)CCCCC/C=C\CCCCCCCCC. The number of allylic oxidation sites excluding steroid dienone is 12. The van der Waals surface area contributed by atoms with Crippen LogP contribution < -0.4 is 5.32 Å². The molecule has 0 radical (unpaired) electrons. The summed E-state index contributed by atoms with van der Waals surface area (Å²) in [5.41, 5.74) is 0. The van der Waals surface area contributed by atoms with Crippen LogP contribution in [0.5, 0.6) is 0 Å². The predicted molar refractivity (Wildman–Crippen MR) is 278 cm³/mol. The van der Waals surface area contributed by atoms with Gasteiger partial charge in [-0.2, -0.15) is 0 Å². The first-order valence-corrected chi connectivity index (χ1v) is 27.2. The van der Waals surface area contributed by atoms with Crippen LogP contribution >= 0.6 is 0 Å². The highest BCUT2D eigenvalue weighted by molar-refractivity contribution is 5.77. The minimum Gasteiger partial charge on any atom is -0.462 e. The highest BCUT2D eigenvalue weighted by Crippen LogP contribution is 2.17. The van der Waals surface area contributed by atoms with E-state index in [1.54, 1.807) is 0 Å². The van der Waals surface area contributed by atoms with E-state index >= 15 is 0 Å². The van der Waals surface area contributed by atoms with Gasteiger partial charge in [-0.05, 0) is 89.9 Å². The predicted octanol–water partition coefficient (Wildman–Crippen LogP) is 16.6. The molecule has 0 rings (SSSR count). The molecule has 370 valence electrons. The molecule has 0 saturated heterocycles. The highest BCUT2D eigenvalue weighted by atomic mass is 16.5. The van der Waals surface area contributed by atoms with Gasteiger partial charge in [-0.3, -0.25) is 9.59 Å². The second-order valence-electron chi connectivity index (χ2n) is 18.2. The lowest BCUT2D eigenvalue weighted by atomic mass is 10.0. The van der Waals surface area contributed by atoms with Gasteiger partial charge in [0.2, 0.25) is 5.91 Å². The quantitative estimate of drug-likeness (QED) is 0.0321. The van der Waals surface area contributed by atoms with E-state index in [9.17, 15) is 19.8 Å². The summed E-state index contributed by atoms with van der Waals surface area (Å²) in [6.45, 7) is 6.35. The van der Waals surface area contributed by atoms with E-state index in [1.165, 1.54) is 116 Å². The summed E-state index contributed by atoms with van der Waals surface area (Å²) >= 11 is 0. The second kappa shape index (κ2) is 51.3. The van der Waals surface area contributed by atoms with Gasteiger partial charge < -0.3 is 20.3 Å². The number of esters is 1. The molecule has 0 aliphatic carbocycles. The Bertz CT molecular complexity index is 1190. The zero-order valence-electron chi connectivity index (χ0n) is 42.1. The van der Waals surface area contributed by atoms with E-state index in [4.69, 9.17) is 4.74 Å². The summed E-state index contributed by atoms with van der Waals surface area (Å²) in [4.78, 5) is 26.2. The fourth-order valence-corrected chi connectivity index (χ4v) is 7.93. The van der Waals surface area contributed by atoms with E-state index in [-0.39, 0.29) is 24.9 Å². The third-order valence-electron chi connectivity index (χ3n) is 12.0. The molecular weight excluding hydrogens is 791 g/mol. The van der Waals surface area contributed by atoms with Gasteiger partial charge in [0.15, 0.2) is 0 Å². The molecule has 0 aromatic heterocycles. The number of unbranched alkanes of at least 4 members (excludes halogenated alkanes) is 24. The molecule has 0 aromatic carbocycles. The van der Waals surface area contributed by atoms with Gasteiger partial charge in [-0.15, -0.1) is 0 Å². The third kappa shape index (κ3) is 45.9. The van der Waals surface area contributed by atoms with Crippen LogP contribution in [0.3, 0.4) is 0 Å². The van der Waals surface area contributed by atoms with Crippen LogP contribution in [0.2, 0.25) is 0 Å². The second-order valence-corrected chi connectivity index (χ2v) is 18.2. The fourth-order valence-electron chi connectivity index (χ4n) is 7.93. The summed E-state index contributed by atoms with van der Waals surface area (Å²) in [6, 6.07) is -0.725. The summed E-state index contributed by atoms with van der Waals surface area (Å²) in [5, 5.41) is 23.8. The van der Waals surface area contributed by atoms with Crippen molar-refractivity contribution in [1.29, 1.82) is 0 Å². The minimum atomic E-state index is -0.808. The maximum absolute atomic E-state index is 13.2. The minimum absolute atomic E-state index is 0.0308.